The molecule has 0 saturated carbocycles. The van der Waals surface area contributed by atoms with Crippen LogP contribution < -0.4 is 5.32 Å². The summed E-state index contributed by atoms with van der Waals surface area (Å²) in [5.41, 5.74) is 3.82. The number of aryl methyl sites for hydroxylation is 2. The van der Waals surface area contributed by atoms with E-state index in [-0.39, 0.29) is 11.2 Å². The summed E-state index contributed by atoms with van der Waals surface area (Å²) >= 11 is 2.82. The Labute approximate surface area is 177 Å². The third kappa shape index (κ3) is 3.70. The number of carbonyl (C=O) groups is 2. The van der Waals surface area contributed by atoms with Crippen LogP contribution in [0.5, 0.6) is 0 Å². The number of benzene rings is 1. The standard InChI is InChI=1S/C21H21N3O3S2/c1-12(28-21-22-10-11-24(21)2)18(25)23-19-16(20(26)27-3)15-9-8-13-6-4-5-7-14(13)17(15)29-19/h4-7,10-12H,8-9H2,1-3H3,(H,23,25). The molecule has 1 unspecified atom stereocenters. The number of anilines is 1. The van der Waals surface area contributed by atoms with Crippen molar-refractivity contribution in [3.63, 3.8) is 0 Å². The van der Waals surface area contributed by atoms with Crippen LogP contribution in [0, 0.1) is 0 Å². The number of rotatable bonds is 5. The second kappa shape index (κ2) is 8.04. The van der Waals surface area contributed by atoms with Gasteiger partial charge in [-0.15, -0.1) is 11.3 Å². The van der Waals surface area contributed by atoms with E-state index in [9.17, 15) is 9.59 Å². The van der Waals surface area contributed by atoms with Crippen LogP contribution in [0.1, 0.15) is 28.4 Å². The molecule has 1 atom stereocenters. The number of aromatic nitrogens is 2. The first-order chi connectivity index (χ1) is 14.0. The molecule has 0 fully saturated rings. The molecule has 150 valence electrons. The average Bonchev–Trinajstić information content (AvgIpc) is 3.30. The Morgan fingerprint density at radius 3 is 2.83 bits per heavy atom. The Balaban J connectivity index is 1.65. The van der Waals surface area contributed by atoms with Gasteiger partial charge < -0.3 is 14.6 Å². The Kier molecular flexibility index (Phi) is 5.47. The van der Waals surface area contributed by atoms with E-state index in [1.54, 1.807) is 6.20 Å². The van der Waals surface area contributed by atoms with Gasteiger partial charge in [0.25, 0.3) is 0 Å². The van der Waals surface area contributed by atoms with Crippen molar-refractivity contribution in [2.45, 2.75) is 30.2 Å². The van der Waals surface area contributed by atoms with Crippen LogP contribution in [0.15, 0.2) is 41.8 Å². The van der Waals surface area contributed by atoms with Gasteiger partial charge in [0.05, 0.1) is 17.9 Å². The lowest BCUT2D eigenvalue weighted by atomic mass is 9.89. The van der Waals surface area contributed by atoms with Crippen LogP contribution >= 0.6 is 23.1 Å². The highest BCUT2D eigenvalue weighted by Crippen LogP contribution is 2.45. The molecule has 8 heteroatoms. The van der Waals surface area contributed by atoms with E-state index in [0.29, 0.717) is 10.6 Å². The van der Waals surface area contributed by atoms with Gasteiger partial charge in [-0.1, -0.05) is 36.0 Å². The predicted octanol–water partition coefficient (Wildman–Crippen LogP) is 4.15. The van der Waals surface area contributed by atoms with Crippen molar-refractivity contribution < 1.29 is 14.3 Å². The van der Waals surface area contributed by atoms with E-state index >= 15 is 0 Å². The van der Waals surface area contributed by atoms with Crippen molar-refractivity contribution in [3.8, 4) is 10.4 Å². The largest absolute Gasteiger partial charge is 0.465 e. The topological polar surface area (TPSA) is 73.2 Å². The fourth-order valence-electron chi connectivity index (χ4n) is 3.44. The lowest BCUT2D eigenvalue weighted by Gasteiger charge is -2.16. The number of ether oxygens (including phenoxy) is 1. The van der Waals surface area contributed by atoms with E-state index in [0.717, 1.165) is 34.0 Å². The molecule has 3 aromatic rings. The van der Waals surface area contributed by atoms with E-state index in [4.69, 9.17) is 4.74 Å². The number of thiophene rings is 1. The van der Waals surface area contributed by atoms with Gasteiger partial charge in [0.15, 0.2) is 5.16 Å². The Bertz CT molecular complexity index is 1090. The summed E-state index contributed by atoms with van der Waals surface area (Å²) in [6.45, 7) is 1.83. The molecular weight excluding hydrogens is 406 g/mol. The van der Waals surface area contributed by atoms with Gasteiger partial charge in [0, 0.05) is 24.3 Å². The highest BCUT2D eigenvalue weighted by Gasteiger charge is 2.30. The molecule has 1 aliphatic rings. The smallest absolute Gasteiger partial charge is 0.341 e. The van der Waals surface area contributed by atoms with Crippen molar-refractivity contribution in [3.05, 3.63) is 53.3 Å². The molecular formula is C21H21N3O3S2. The summed E-state index contributed by atoms with van der Waals surface area (Å²) in [6.07, 6.45) is 5.16. The number of thioether (sulfide) groups is 1. The number of carbonyl (C=O) groups excluding carboxylic acids is 2. The molecule has 0 radical (unpaired) electrons. The SMILES string of the molecule is COC(=O)c1c(NC(=O)C(C)Sc2nccn2C)sc2c1CCc1ccccc1-2. The zero-order valence-corrected chi connectivity index (χ0v) is 18.0. The van der Waals surface area contributed by atoms with E-state index in [2.05, 4.69) is 22.4 Å². The predicted molar refractivity (Wildman–Crippen MR) is 116 cm³/mol. The first-order valence-electron chi connectivity index (χ1n) is 9.26. The van der Waals surface area contributed by atoms with Crippen molar-refractivity contribution in [2.24, 2.45) is 7.05 Å². The number of amides is 1. The minimum atomic E-state index is -0.415. The molecule has 0 spiro atoms. The Morgan fingerprint density at radius 2 is 2.10 bits per heavy atom. The zero-order valence-electron chi connectivity index (χ0n) is 16.4. The maximum Gasteiger partial charge on any atom is 0.341 e. The summed E-state index contributed by atoms with van der Waals surface area (Å²) in [7, 11) is 3.26. The number of hydrogen-bond acceptors (Lipinski definition) is 6. The maximum atomic E-state index is 12.9. The van der Waals surface area contributed by atoms with Crippen molar-refractivity contribution in [2.75, 3.05) is 12.4 Å². The van der Waals surface area contributed by atoms with Crippen LogP contribution in [0.25, 0.3) is 10.4 Å². The van der Waals surface area contributed by atoms with Gasteiger partial charge in [-0.25, -0.2) is 9.78 Å². The van der Waals surface area contributed by atoms with E-state index < -0.39 is 5.97 Å². The molecule has 6 nitrogen and oxygen atoms in total. The van der Waals surface area contributed by atoms with Crippen LogP contribution in [0.2, 0.25) is 0 Å². The Hall–Kier alpha value is -2.58. The van der Waals surface area contributed by atoms with Crippen molar-refractivity contribution in [1.82, 2.24) is 9.55 Å². The fourth-order valence-corrected chi connectivity index (χ4v) is 5.57. The minimum absolute atomic E-state index is 0.171. The number of nitrogens with zero attached hydrogens (tertiary/aromatic N) is 2. The normalized spacial score (nSPS) is 13.3. The number of fused-ring (bicyclic) bond motifs is 3. The third-order valence-electron chi connectivity index (χ3n) is 4.97. The van der Waals surface area contributed by atoms with E-state index in [1.807, 2.05) is 36.9 Å². The summed E-state index contributed by atoms with van der Waals surface area (Å²) in [5.74, 6) is -0.586. The van der Waals surface area contributed by atoms with Crippen LogP contribution in [-0.2, 0) is 29.4 Å². The highest BCUT2D eigenvalue weighted by atomic mass is 32.2. The molecule has 0 saturated heterocycles. The Morgan fingerprint density at radius 1 is 1.31 bits per heavy atom. The summed E-state index contributed by atoms with van der Waals surface area (Å²) < 4.78 is 6.90. The summed E-state index contributed by atoms with van der Waals surface area (Å²) in [4.78, 5) is 30.7. The molecule has 1 aromatic carbocycles. The van der Waals surface area contributed by atoms with Gasteiger partial charge in [0.1, 0.15) is 5.00 Å². The maximum absolute atomic E-state index is 12.9. The first-order valence-corrected chi connectivity index (χ1v) is 11.0. The van der Waals surface area contributed by atoms with Crippen molar-refractivity contribution >= 4 is 40.0 Å². The molecule has 0 aliphatic heterocycles. The molecule has 2 heterocycles. The number of nitrogens with one attached hydrogen (secondary N) is 1. The van der Waals surface area contributed by atoms with Gasteiger partial charge in [-0.2, -0.15) is 0 Å². The fraction of sp³-hybridized carbons (Fsp3) is 0.286. The second-order valence-corrected chi connectivity index (χ2v) is 9.16. The lowest BCUT2D eigenvalue weighted by Crippen LogP contribution is -2.23. The molecule has 29 heavy (non-hydrogen) atoms. The van der Waals surface area contributed by atoms with Crippen LogP contribution in [0.3, 0.4) is 0 Å². The summed E-state index contributed by atoms with van der Waals surface area (Å²) in [6, 6.07) is 8.20. The number of esters is 1. The minimum Gasteiger partial charge on any atom is -0.465 e. The first kappa shape index (κ1) is 19.7. The average molecular weight is 428 g/mol. The van der Waals surface area contributed by atoms with Gasteiger partial charge in [0.2, 0.25) is 5.91 Å². The molecule has 1 N–H and O–H groups in total. The van der Waals surface area contributed by atoms with Crippen LogP contribution in [-0.4, -0.2) is 33.8 Å². The van der Waals surface area contributed by atoms with Gasteiger partial charge >= 0.3 is 5.97 Å². The van der Waals surface area contributed by atoms with E-state index in [1.165, 1.54) is 35.8 Å². The zero-order chi connectivity index (χ0) is 20.5. The molecule has 4 rings (SSSR count). The quantitative estimate of drug-likeness (QED) is 0.489. The lowest BCUT2D eigenvalue weighted by molar-refractivity contribution is -0.115. The third-order valence-corrected chi connectivity index (χ3v) is 7.32. The molecule has 2 aromatic heterocycles. The molecule has 1 aliphatic carbocycles. The number of imidazole rings is 1. The summed E-state index contributed by atoms with van der Waals surface area (Å²) in [5, 5.41) is 3.91. The number of methoxy groups -OCH3 is 1. The van der Waals surface area contributed by atoms with Gasteiger partial charge in [-0.3, -0.25) is 4.79 Å². The monoisotopic (exact) mass is 427 g/mol. The number of hydrogen-bond donors (Lipinski definition) is 1. The highest BCUT2D eigenvalue weighted by molar-refractivity contribution is 8.00. The second-order valence-electron chi connectivity index (χ2n) is 6.83. The van der Waals surface area contributed by atoms with Crippen molar-refractivity contribution in [1.29, 1.82) is 0 Å². The molecule has 1 amide bonds. The van der Waals surface area contributed by atoms with Gasteiger partial charge in [-0.05, 0) is 36.5 Å². The van der Waals surface area contributed by atoms with Crippen LogP contribution in [0.4, 0.5) is 5.00 Å². The molecule has 0 bridgehead atoms.